The summed E-state index contributed by atoms with van der Waals surface area (Å²) in [5.74, 6) is -0.104. The van der Waals surface area contributed by atoms with Gasteiger partial charge in [0.05, 0.1) is 11.8 Å². The zero-order valence-electron chi connectivity index (χ0n) is 18.9. The average Bonchev–Trinajstić information content (AvgIpc) is 3.35. The molecule has 0 unspecified atom stereocenters. The first-order chi connectivity index (χ1) is 15.5. The van der Waals surface area contributed by atoms with E-state index in [0.29, 0.717) is 11.7 Å². The molecule has 1 N–H and O–H groups in total. The van der Waals surface area contributed by atoms with Crippen molar-refractivity contribution in [3.63, 3.8) is 0 Å². The first kappa shape index (κ1) is 22.1. The Morgan fingerprint density at radius 1 is 1.16 bits per heavy atom. The van der Waals surface area contributed by atoms with E-state index in [1.807, 2.05) is 25.1 Å². The van der Waals surface area contributed by atoms with Crippen molar-refractivity contribution >= 4 is 5.91 Å². The number of benzene rings is 2. The van der Waals surface area contributed by atoms with Gasteiger partial charge in [0.25, 0.3) is 5.91 Å². The fourth-order valence-electron chi connectivity index (χ4n) is 4.13. The van der Waals surface area contributed by atoms with Gasteiger partial charge in [0.1, 0.15) is 6.33 Å². The third-order valence-corrected chi connectivity index (χ3v) is 5.96. The minimum Gasteiger partial charge on any atom is -0.381 e. The zero-order valence-corrected chi connectivity index (χ0v) is 18.9. The zero-order chi connectivity index (χ0) is 22.5. The van der Waals surface area contributed by atoms with E-state index in [4.69, 9.17) is 4.74 Å². The molecule has 0 bridgehead atoms. The smallest absolute Gasteiger partial charge is 0.251 e. The van der Waals surface area contributed by atoms with Crippen LogP contribution in [0.2, 0.25) is 0 Å². The molecule has 1 aromatic heterocycles. The van der Waals surface area contributed by atoms with E-state index in [1.165, 1.54) is 11.9 Å². The standard InChI is InChI=1S/C24H30N6O2/c1-17-4-6-19(7-5-17)20-12-21(14-22(13-20)30-16-25-27-28-30)24(31)26-18(2)15-29-10-8-23(32-3)9-11-29/h4-7,12-14,16,18,23H,8-11,15H2,1-3H3,(H,26,31)/t18-/m1/s1. The number of methoxy groups -OCH3 is 1. The molecule has 1 atom stereocenters. The number of hydrogen-bond donors (Lipinski definition) is 1. The van der Waals surface area contributed by atoms with Gasteiger partial charge in [-0.1, -0.05) is 29.8 Å². The fourth-order valence-corrected chi connectivity index (χ4v) is 4.13. The number of hydrogen-bond acceptors (Lipinski definition) is 6. The van der Waals surface area contributed by atoms with E-state index in [2.05, 4.69) is 56.9 Å². The van der Waals surface area contributed by atoms with Crippen LogP contribution >= 0.6 is 0 Å². The Morgan fingerprint density at radius 3 is 2.56 bits per heavy atom. The van der Waals surface area contributed by atoms with Crippen LogP contribution in [0.3, 0.4) is 0 Å². The summed E-state index contributed by atoms with van der Waals surface area (Å²) in [6, 6.07) is 14.0. The third-order valence-electron chi connectivity index (χ3n) is 5.96. The lowest BCUT2D eigenvalue weighted by Gasteiger charge is -2.33. The maximum atomic E-state index is 13.1. The van der Waals surface area contributed by atoms with Crippen molar-refractivity contribution in [1.82, 2.24) is 30.4 Å². The van der Waals surface area contributed by atoms with Gasteiger partial charge in [0.15, 0.2) is 0 Å². The van der Waals surface area contributed by atoms with Crippen molar-refractivity contribution < 1.29 is 9.53 Å². The number of aromatic nitrogens is 4. The molecule has 1 saturated heterocycles. The second-order valence-electron chi connectivity index (χ2n) is 8.50. The summed E-state index contributed by atoms with van der Waals surface area (Å²) in [7, 11) is 1.78. The van der Waals surface area contributed by atoms with Gasteiger partial charge in [-0.3, -0.25) is 4.79 Å². The van der Waals surface area contributed by atoms with Crippen LogP contribution in [0.15, 0.2) is 48.8 Å². The van der Waals surface area contributed by atoms with E-state index in [1.54, 1.807) is 11.8 Å². The molecule has 8 nitrogen and oxygen atoms in total. The van der Waals surface area contributed by atoms with Gasteiger partial charge in [-0.15, -0.1) is 5.10 Å². The predicted molar refractivity (Wildman–Crippen MR) is 123 cm³/mol. The summed E-state index contributed by atoms with van der Waals surface area (Å²) < 4.78 is 7.02. The van der Waals surface area contributed by atoms with Gasteiger partial charge in [-0.25, -0.2) is 4.68 Å². The van der Waals surface area contributed by atoms with Crippen molar-refractivity contribution in [2.45, 2.75) is 38.8 Å². The summed E-state index contributed by atoms with van der Waals surface area (Å²) in [6.45, 7) is 6.90. The first-order valence-corrected chi connectivity index (χ1v) is 11.0. The number of ether oxygens (including phenoxy) is 1. The van der Waals surface area contributed by atoms with Gasteiger partial charge in [0, 0.05) is 38.3 Å². The summed E-state index contributed by atoms with van der Waals surface area (Å²) in [6.07, 6.45) is 3.95. The number of carbonyl (C=O) groups excluding carboxylic acids is 1. The number of piperidine rings is 1. The second kappa shape index (κ2) is 10.0. The highest BCUT2D eigenvalue weighted by Crippen LogP contribution is 2.25. The molecule has 0 spiro atoms. The molecular weight excluding hydrogens is 404 g/mol. The lowest BCUT2D eigenvalue weighted by molar-refractivity contribution is 0.0387. The lowest BCUT2D eigenvalue weighted by atomic mass is 10.0. The summed E-state index contributed by atoms with van der Waals surface area (Å²) in [5, 5.41) is 14.6. The van der Waals surface area contributed by atoms with Crippen LogP contribution in [0.1, 0.15) is 35.7 Å². The number of aryl methyl sites for hydroxylation is 1. The average molecular weight is 435 g/mol. The lowest BCUT2D eigenvalue weighted by Crippen LogP contribution is -2.45. The van der Waals surface area contributed by atoms with Gasteiger partial charge in [0.2, 0.25) is 0 Å². The molecule has 2 heterocycles. The van der Waals surface area contributed by atoms with E-state index < -0.39 is 0 Å². The number of carbonyl (C=O) groups is 1. The molecule has 0 radical (unpaired) electrons. The van der Waals surface area contributed by atoms with Crippen molar-refractivity contribution in [3.05, 3.63) is 59.9 Å². The monoisotopic (exact) mass is 434 g/mol. The fraction of sp³-hybridized carbons (Fsp3) is 0.417. The molecule has 1 aliphatic rings. The van der Waals surface area contributed by atoms with Crippen molar-refractivity contribution in [2.24, 2.45) is 0 Å². The normalized spacial score (nSPS) is 16.1. The summed E-state index contributed by atoms with van der Waals surface area (Å²) in [5.41, 5.74) is 4.49. The Bertz CT molecular complexity index is 1030. The summed E-state index contributed by atoms with van der Waals surface area (Å²) in [4.78, 5) is 15.5. The Balaban J connectivity index is 1.51. The van der Waals surface area contributed by atoms with Gasteiger partial charge in [-0.2, -0.15) is 0 Å². The van der Waals surface area contributed by atoms with Gasteiger partial charge >= 0.3 is 0 Å². The quantitative estimate of drug-likeness (QED) is 0.616. The molecule has 1 amide bonds. The van der Waals surface area contributed by atoms with Crippen LogP contribution in [-0.4, -0.2) is 69.9 Å². The predicted octanol–water partition coefficient (Wildman–Crippen LogP) is 2.87. The first-order valence-electron chi connectivity index (χ1n) is 11.0. The molecule has 2 aromatic carbocycles. The van der Waals surface area contributed by atoms with Gasteiger partial charge < -0.3 is 15.0 Å². The Morgan fingerprint density at radius 2 is 1.91 bits per heavy atom. The molecule has 32 heavy (non-hydrogen) atoms. The van der Waals surface area contributed by atoms with Crippen LogP contribution in [0.4, 0.5) is 0 Å². The van der Waals surface area contributed by atoms with Crippen molar-refractivity contribution in [3.8, 4) is 16.8 Å². The van der Waals surface area contributed by atoms with Crippen LogP contribution in [0, 0.1) is 6.92 Å². The number of nitrogens with one attached hydrogen (secondary N) is 1. The Kier molecular flexibility index (Phi) is 6.92. The maximum absolute atomic E-state index is 13.1. The van der Waals surface area contributed by atoms with Crippen LogP contribution < -0.4 is 5.32 Å². The highest BCUT2D eigenvalue weighted by molar-refractivity contribution is 5.96. The number of amides is 1. The molecule has 1 fully saturated rings. The topological polar surface area (TPSA) is 85.2 Å². The van der Waals surface area contributed by atoms with Crippen LogP contribution in [-0.2, 0) is 4.74 Å². The number of nitrogens with zero attached hydrogens (tertiary/aromatic N) is 5. The highest BCUT2D eigenvalue weighted by Gasteiger charge is 2.21. The van der Waals surface area contributed by atoms with Crippen LogP contribution in [0.5, 0.6) is 0 Å². The highest BCUT2D eigenvalue weighted by atomic mass is 16.5. The number of tetrazole rings is 1. The number of likely N-dealkylation sites (tertiary alicyclic amines) is 1. The minimum atomic E-state index is -0.104. The van der Waals surface area contributed by atoms with E-state index in [-0.39, 0.29) is 11.9 Å². The van der Waals surface area contributed by atoms with Gasteiger partial charge in [-0.05, 0) is 66.4 Å². The molecular formula is C24H30N6O2. The minimum absolute atomic E-state index is 0.0288. The molecule has 1 aliphatic heterocycles. The molecule has 168 valence electrons. The molecule has 0 saturated carbocycles. The van der Waals surface area contributed by atoms with Crippen molar-refractivity contribution in [1.29, 1.82) is 0 Å². The largest absolute Gasteiger partial charge is 0.381 e. The Hall–Kier alpha value is -3.10. The molecule has 0 aliphatic carbocycles. The SMILES string of the molecule is COC1CCN(C[C@@H](C)NC(=O)c2cc(-c3ccc(C)cc3)cc(-n3cnnn3)c2)CC1. The van der Waals surface area contributed by atoms with E-state index in [9.17, 15) is 4.79 Å². The molecule has 8 heteroatoms. The Labute approximate surface area is 188 Å². The number of rotatable bonds is 7. The van der Waals surface area contributed by atoms with E-state index >= 15 is 0 Å². The van der Waals surface area contributed by atoms with Crippen LogP contribution in [0.25, 0.3) is 16.8 Å². The third kappa shape index (κ3) is 5.38. The summed E-state index contributed by atoms with van der Waals surface area (Å²) >= 11 is 0. The molecule has 3 aromatic rings. The van der Waals surface area contributed by atoms with Crippen molar-refractivity contribution in [2.75, 3.05) is 26.7 Å². The van der Waals surface area contributed by atoms with E-state index in [0.717, 1.165) is 49.3 Å². The maximum Gasteiger partial charge on any atom is 0.251 e. The second-order valence-corrected chi connectivity index (χ2v) is 8.50. The molecule has 4 rings (SSSR count).